The highest BCUT2D eigenvalue weighted by Crippen LogP contribution is 2.21. The average molecular weight is 382 g/mol. The van der Waals surface area contributed by atoms with Crippen LogP contribution in [-0.2, 0) is 11.3 Å². The first-order valence-electron chi connectivity index (χ1n) is 7.89. The van der Waals surface area contributed by atoms with Gasteiger partial charge in [0.25, 0.3) is 0 Å². The van der Waals surface area contributed by atoms with Crippen LogP contribution in [0.4, 0.5) is 0 Å². The molecule has 1 heterocycles. The number of carbonyl (C=O) groups excluding carboxylic acids is 1. The Morgan fingerprint density at radius 3 is 2.81 bits per heavy atom. The highest BCUT2D eigenvalue weighted by atomic mass is 35.5. The van der Waals surface area contributed by atoms with Crippen molar-refractivity contribution >= 4 is 46.4 Å². The lowest BCUT2D eigenvalue weighted by Crippen LogP contribution is -2.19. The Morgan fingerprint density at radius 1 is 1.27 bits per heavy atom. The molecule has 130 valence electrons. The third-order valence-corrected chi connectivity index (χ3v) is 4.92. The van der Waals surface area contributed by atoms with Crippen molar-refractivity contribution in [3.8, 4) is 12.3 Å². The minimum Gasteiger partial charge on any atom is -0.335 e. The fourth-order valence-corrected chi connectivity index (χ4v) is 3.31. The lowest BCUT2D eigenvalue weighted by atomic mass is 10.2. The maximum absolute atomic E-state index is 11.9. The second kappa shape index (κ2) is 8.61. The number of rotatable bonds is 6. The van der Waals surface area contributed by atoms with E-state index in [4.69, 9.17) is 18.0 Å². The number of benzene rings is 2. The fraction of sp³-hybridized carbons (Fsp3) is 0.100. The van der Waals surface area contributed by atoms with E-state index in [0.717, 1.165) is 21.4 Å². The van der Waals surface area contributed by atoms with Crippen LogP contribution in [-0.4, -0.2) is 22.4 Å². The summed E-state index contributed by atoms with van der Waals surface area (Å²) in [7, 11) is 0. The van der Waals surface area contributed by atoms with Crippen LogP contribution in [0.2, 0.25) is 5.02 Å². The number of nitrogens with zero attached hydrogens (tertiary/aromatic N) is 2. The maximum atomic E-state index is 11.9. The van der Waals surface area contributed by atoms with E-state index in [1.54, 1.807) is 18.3 Å². The van der Waals surface area contributed by atoms with Crippen molar-refractivity contribution in [2.75, 3.05) is 5.75 Å². The van der Waals surface area contributed by atoms with Crippen LogP contribution in [0.15, 0.2) is 64.7 Å². The summed E-state index contributed by atoms with van der Waals surface area (Å²) >= 11 is 7.27. The molecule has 0 fully saturated rings. The Morgan fingerprint density at radius 2 is 2.04 bits per heavy atom. The van der Waals surface area contributed by atoms with Gasteiger partial charge in [-0.25, -0.2) is 5.43 Å². The summed E-state index contributed by atoms with van der Waals surface area (Å²) in [5, 5.41) is 5.78. The summed E-state index contributed by atoms with van der Waals surface area (Å²) in [6, 6.07) is 15.3. The quantitative estimate of drug-likeness (QED) is 0.301. The zero-order valence-electron chi connectivity index (χ0n) is 13.9. The van der Waals surface area contributed by atoms with Crippen LogP contribution < -0.4 is 5.43 Å². The highest BCUT2D eigenvalue weighted by molar-refractivity contribution is 8.00. The number of nitrogens with one attached hydrogen (secondary N) is 1. The number of hydrazone groups is 1. The zero-order valence-corrected chi connectivity index (χ0v) is 15.4. The van der Waals surface area contributed by atoms with Crippen molar-refractivity contribution in [2.45, 2.75) is 11.4 Å². The van der Waals surface area contributed by atoms with Crippen molar-refractivity contribution in [3.05, 3.63) is 65.3 Å². The van der Waals surface area contributed by atoms with E-state index in [2.05, 4.69) is 16.4 Å². The summed E-state index contributed by atoms with van der Waals surface area (Å²) in [6.45, 7) is 0.485. The van der Waals surface area contributed by atoms with Gasteiger partial charge < -0.3 is 4.57 Å². The van der Waals surface area contributed by atoms with Crippen molar-refractivity contribution in [1.29, 1.82) is 0 Å². The van der Waals surface area contributed by atoms with Gasteiger partial charge in [-0.2, -0.15) is 5.10 Å². The predicted octanol–water partition coefficient (Wildman–Crippen LogP) is 4.17. The molecule has 0 bridgehead atoms. The van der Waals surface area contributed by atoms with Gasteiger partial charge in [0.15, 0.2) is 0 Å². The lowest BCUT2D eigenvalue weighted by molar-refractivity contribution is -0.118. The second-order valence-corrected chi connectivity index (χ2v) is 6.95. The van der Waals surface area contributed by atoms with Crippen LogP contribution in [0.1, 0.15) is 5.56 Å². The van der Waals surface area contributed by atoms with Crippen molar-refractivity contribution in [1.82, 2.24) is 9.99 Å². The van der Waals surface area contributed by atoms with Gasteiger partial charge >= 0.3 is 0 Å². The Hall–Kier alpha value is -2.68. The van der Waals surface area contributed by atoms with Crippen molar-refractivity contribution in [2.24, 2.45) is 5.10 Å². The molecule has 1 N–H and O–H groups in total. The monoisotopic (exact) mass is 381 g/mol. The number of amides is 1. The van der Waals surface area contributed by atoms with Gasteiger partial charge in [0.2, 0.25) is 5.91 Å². The number of hydrogen-bond acceptors (Lipinski definition) is 3. The molecular formula is C20H16ClN3OS. The molecule has 0 saturated heterocycles. The second-order valence-electron chi connectivity index (χ2n) is 5.47. The highest BCUT2D eigenvalue weighted by Gasteiger charge is 2.06. The summed E-state index contributed by atoms with van der Waals surface area (Å²) in [4.78, 5) is 12.9. The van der Waals surface area contributed by atoms with Gasteiger partial charge in [-0.3, -0.25) is 4.79 Å². The molecule has 0 aliphatic heterocycles. The van der Waals surface area contributed by atoms with Crippen molar-refractivity contribution < 1.29 is 4.79 Å². The SMILES string of the molecule is C#CCn1cc(/C=N\NC(=O)CSc2ccc(Cl)cc2)c2ccccc21. The molecular weight excluding hydrogens is 366 g/mol. The van der Waals surface area contributed by atoms with E-state index in [1.807, 2.05) is 47.2 Å². The van der Waals surface area contributed by atoms with Crippen LogP contribution >= 0.6 is 23.4 Å². The number of terminal acetylenes is 1. The predicted molar refractivity (Wildman–Crippen MR) is 109 cm³/mol. The maximum Gasteiger partial charge on any atom is 0.250 e. The largest absolute Gasteiger partial charge is 0.335 e. The molecule has 0 atom stereocenters. The lowest BCUT2D eigenvalue weighted by Gasteiger charge is -2.01. The molecule has 0 unspecified atom stereocenters. The summed E-state index contributed by atoms with van der Waals surface area (Å²) < 4.78 is 1.98. The first-order valence-corrected chi connectivity index (χ1v) is 9.25. The number of hydrogen-bond donors (Lipinski definition) is 1. The Labute approximate surface area is 161 Å². The standard InChI is InChI=1S/C20H16ClN3OS/c1-2-11-24-13-15(18-5-3-4-6-19(18)24)12-22-23-20(25)14-26-17-9-7-16(21)8-10-17/h1,3-10,12-13H,11,14H2,(H,23,25)/b22-12-. The van der Waals surface area contributed by atoms with Gasteiger partial charge in [0.1, 0.15) is 0 Å². The molecule has 0 aliphatic rings. The third kappa shape index (κ3) is 4.48. The molecule has 2 aromatic carbocycles. The number of carbonyl (C=O) groups is 1. The van der Waals surface area contributed by atoms with E-state index < -0.39 is 0 Å². The molecule has 3 aromatic rings. The van der Waals surface area contributed by atoms with Crippen LogP contribution in [0.5, 0.6) is 0 Å². The zero-order chi connectivity index (χ0) is 18.4. The Bertz CT molecular complexity index is 986. The first kappa shape index (κ1) is 18.1. The van der Waals surface area contributed by atoms with Gasteiger partial charge in [0, 0.05) is 32.6 Å². The normalized spacial score (nSPS) is 10.9. The third-order valence-electron chi connectivity index (χ3n) is 3.66. The average Bonchev–Trinajstić information content (AvgIpc) is 3.00. The number of halogens is 1. The molecule has 3 rings (SSSR count). The molecule has 0 aliphatic carbocycles. The molecule has 1 aromatic heterocycles. The van der Waals surface area contributed by atoms with Gasteiger partial charge in [-0.1, -0.05) is 35.7 Å². The molecule has 1 amide bonds. The molecule has 6 heteroatoms. The van der Waals surface area contributed by atoms with Crippen molar-refractivity contribution in [3.63, 3.8) is 0 Å². The Kier molecular flexibility index (Phi) is 6.00. The van der Waals surface area contributed by atoms with Crippen LogP contribution in [0.3, 0.4) is 0 Å². The van der Waals surface area contributed by atoms with E-state index >= 15 is 0 Å². The molecule has 0 spiro atoms. The minimum atomic E-state index is -0.173. The number of thioether (sulfide) groups is 1. The van der Waals surface area contributed by atoms with E-state index in [1.165, 1.54) is 11.8 Å². The first-order chi connectivity index (χ1) is 12.7. The molecule has 0 saturated carbocycles. The topological polar surface area (TPSA) is 46.4 Å². The molecule has 26 heavy (non-hydrogen) atoms. The minimum absolute atomic E-state index is 0.173. The fourth-order valence-electron chi connectivity index (χ4n) is 2.49. The van der Waals surface area contributed by atoms with Gasteiger partial charge in [-0.15, -0.1) is 18.2 Å². The summed E-state index contributed by atoms with van der Waals surface area (Å²) in [6.07, 6.45) is 8.99. The number of aromatic nitrogens is 1. The van der Waals surface area contributed by atoms with E-state index in [-0.39, 0.29) is 11.7 Å². The van der Waals surface area contributed by atoms with E-state index in [9.17, 15) is 4.79 Å². The summed E-state index contributed by atoms with van der Waals surface area (Å²) in [5.41, 5.74) is 4.50. The number of para-hydroxylation sites is 1. The van der Waals surface area contributed by atoms with E-state index in [0.29, 0.717) is 11.6 Å². The van der Waals surface area contributed by atoms with Gasteiger partial charge in [0.05, 0.1) is 18.5 Å². The smallest absolute Gasteiger partial charge is 0.250 e. The van der Waals surface area contributed by atoms with Crippen LogP contribution in [0.25, 0.3) is 10.9 Å². The Balaban J connectivity index is 1.61. The number of fused-ring (bicyclic) bond motifs is 1. The van der Waals surface area contributed by atoms with Gasteiger partial charge in [-0.05, 0) is 30.3 Å². The molecule has 0 radical (unpaired) electrons. The molecule has 4 nitrogen and oxygen atoms in total. The van der Waals surface area contributed by atoms with Crippen LogP contribution in [0, 0.1) is 12.3 Å². The summed E-state index contributed by atoms with van der Waals surface area (Å²) in [5.74, 6) is 2.74.